The van der Waals surface area contributed by atoms with Gasteiger partial charge in [0.15, 0.2) is 5.16 Å². The van der Waals surface area contributed by atoms with Crippen LogP contribution in [-0.2, 0) is 0 Å². The zero-order chi connectivity index (χ0) is 10.6. The van der Waals surface area contributed by atoms with Gasteiger partial charge in [-0.1, -0.05) is 25.6 Å². The first-order valence-corrected chi connectivity index (χ1v) is 5.46. The van der Waals surface area contributed by atoms with Crippen LogP contribution in [0.5, 0.6) is 0 Å². The van der Waals surface area contributed by atoms with Crippen LogP contribution in [0.15, 0.2) is 5.16 Å². The van der Waals surface area contributed by atoms with Crippen molar-refractivity contribution in [2.75, 3.05) is 17.2 Å². The summed E-state index contributed by atoms with van der Waals surface area (Å²) in [6.45, 7) is 4.35. The van der Waals surface area contributed by atoms with Crippen molar-refractivity contribution < 1.29 is 0 Å². The number of thioether (sulfide) groups is 1. The Morgan fingerprint density at radius 3 is 2.21 bits per heavy atom. The van der Waals surface area contributed by atoms with E-state index in [4.69, 9.17) is 11.5 Å². The highest BCUT2D eigenvalue weighted by Gasteiger charge is 2.02. The number of rotatable bonds is 4. The Kier molecular flexibility index (Phi) is 3.94. The number of nitrogens with two attached hydrogens (primary N) is 2. The number of nitrogen functional groups attached to an aromatic ring is 2. The maximum Gasteiger partial charge on any atom is 0.225 e. The predicted molar refractivity (Wildman–Crippen MR) is 58.8 cm³/mol. The molecule has 0 unspecified atom stereocenters. The van der Waals surface area contributed by atoms with Crippen LogP contribution in [0.4, 0.5) is 11.9 Å². The van der Waals surface area contributed by atoms with Gasteiger partial charge in [-0.3, -0.25) is 0 Å². The third kappa shape index (κ3) is 3.78. The largest absolute Gasteiger partial charge is 0.368 e. The molecule has 0 aliphatic heterocycles. The van der Waals surface area contributed by atoms with E-state index < -0.39 is 0 Å². The van der Waals surface area contributed by atoms with Crippen molar-refractivity contribution >= 4 is 23.7 Å². The Labute approximate surface area is 87.7 Å². The zero-order valence-electron chi connectivity index (χ0n) is 8.40. The van der Waals surface area contributed by atoms with Crippen LogP contribution in [0.1, 0.15) is 20.3 Å². The van der Waals surface area contributed by atoms with E-state index >= 15 is 0 Å². The highest BCUT2D eigenvalue weighted by Crippen LogP contribution is 2.17. The molecule has 78 valence electrons. The smallest absolute Gasteiger partial charge is 0.225 e. The Balaban J connectivity index is 2.50. The first kappa shape index (κ1) is 11.0. The van der Waals surface area contributed by atoms with Gasteiger partial charge >= 0.3 is 0 Å². The Bertz CT molecular complexity index is 282. The van der Waals surface area contributed by atoms with Gasteiger partial charge in [-0.25, -0.2) is 0 Å². The van der Waals surface area contributed by atoms with E-state index in [0.717, 1.165) is 12.2 Å². The lowest BCUT2D eigenvalue weighted by atomic mass is 10.2. The molecular weight excluding hydrogens is 198 g/mol. The minimum Gasteiger partial charge on any atom is -0.368 e. The topological polar surface area (TPSA) is 90.7 Å². The van der Waals surface area contributed by atoms with E-state index in [1.807, 2.05) is 0 Å². The molecule has 0 aliphatic rings. The molecule has 0 bridgehead atoms. The van der Waals surface area contributed by atoms with Crippen LogP contribution < -0.4 is 11.5 Å². The van der Waals surface area contributed by atoms with Crippen molar-refractivity contribution in [1.82, 2.24) is 15.0 Å². The molecular formula is C8H15N5S. The fourth-order valence-corrected chi connectivity index (χ4v) is 1.93. The average molecular weight is 213 g/mol. The molecule has 0 atom stereocenters. The second-order valence-corrected chi connectivity index (χ2v) is 4.43. The summed E-state index contributed by atoms with van der Waals surface area (Å²) in [5.41, 5.74) is 10.9. The summed E-state index contributed by atoms with van der Waals surface area (Å²) in [7, 11) is 0. The van der Waals surface area contributed by atoms with Gasteiger partial charge in [0.25, 0.3) is 0 Å². The molecule has 1 aromatic heterocycles. The van der Waals surface area contributed by atoms with Crippen molar-refractivity contribution in [2.45, 2.75) is 25.4 Å². The van der Waals surface area contributed by atoms with Crippen molar-refractivity contribution in [2.24, 2.45) is 5.92 Å². The predicted octanol–water partition coefficient (Wildman–Crippen LogP) is 1.17. The lowest BCUT2D eigenvalue weighted by Gasteiger charge is -2.03. The summed E-state index contributed by atoms with van der Waals surface area (Å²) in [5.74, 6) is 2.02. The van der Waals surface area contributed by atoms with E-state index in [0.29, 0.717) is 11.1 Å². The summed E-state index contributed by atoms with van der Waals surface area (Å²) >= 11 is 1.55. The number of anilines is 2. The molecule has 1 rings (SSSR count). The van der Waals surface area contributed by atoms with Crippen molar-refractivity contribution in [3.05, 3.63) is 0 Å². The molecule has 1 heterocycles. The first-order chi connectivity index (χ1) is 6.58. The monoisotopic (exact) mass is 213 g/mol. The minimum atomic E-state index is 0.185. The Morgan fingerprint density at radius 1 is 1.14 bits per heavy atom. The molecule has 6 heteroatoms. The van der Waals surface area contributed by atoms with Crippen LogP contribution in [0.2, 0.25) is 0 Å². The summed E-state index contributed by atoms with van der Waals surface area (Å²) in [5, 5.41) is 0.607. The molecule has 0 aromatic carbocycles. The van der Waals surface area contributed by atoms with Gasteiger partial charge in [-0.15, -0.1) is 0 Å². The molecule has 0 spiro atoms. The standard InChI is InChI=1S/C8H15N5S/c1-5(2)3-4-14-8-12-6(9)11-7(10)13-8/h5H,3-4H2,1-2H3,(H4,9,10,11,12,13). The second-order valence-electron chi connectivity index (χ2n) is 3.37. The Hall–Kier alpha value is -1.04. The normalized spacial score (nSPS) is 10.8. The summed E-state index contributed by atoms with van der Waals surface area (Å²) in [4.78, 5) is 11.6. The molecule has 1 aromatic rings. The van der Waals surface area contributed by atoms with E-state index in [9.17, 15) is 0 Å². The zero-order valence-corrected chi connectivity index (χ0v) is 9.21. The van der Waals surface area contributed by atoms with E-state index in [2.05, 4.69) is 28.8 Å². The summed E-state index contributed by atoms with van der Waals surface area (Å²) in [6.07, 6.45) is 1.12. The van der Waals surface area contributed by atoms with Gasteiger partial charge in [0.1, 0.15) is 0 Å². The third-order valence-electron chi connectivity index (χ3n) is 1.58. The fourth-order valence-electron chi connectivity index (χ4n) is 0.839. The van der Waals surface area contributed by atoms with Gasteiger partial charge in [0.2, 0.25) is 11.9 Å². The molecule has 0 aliphatic carbocycles. The molecule has 0 radical (unpaired) electrons. The van der Waals surface area contributed by atoms with E-state index in [-0.39, 0.29) is 11.9 Å². The van der Waals surface area contributed by atoms with Gasteiger partial charge in [-0.2, -0.15) is 15.0 Å². The molecule has 0 saturated heterocycles. The van der Waals surface area contributed by atoms with E-state index in [1.165, 1.54) is 0 Å². The summed E-state index contributed by atoms with van der Waals surface area (Å²) in [6, 6.07) is 0. The molecule has 0 amide bonds. The lowest BCUT2D eigenvalue weighted by molar-refractivity contribution is 0.631. The van der Waals surface area contributed by atoms with Crippen LogP contribution in [-0.4, -0.2) is 20.7 Å². The SMILES string of the molecule is CC(C)CCSc1nc(N)nc(N)n1. The first-order valence-electron chi connectivity index (χ1n) is 4.47. The average Bonchev–Trinajstić information content (AvgIpc) is 2.01. The van der Waals surface area contributed by atoms with Gasteiger partial charge in [0.05, 0.1) is 0 Å². The van der Waals surface area contributed by atoms with Crippen LogP contribution >= 0.6 is 11.8 Å². The van der Waals surface area contributed by atoms with Crippen LogP contribution in [0, 0.1) is 5.92 Å². The van der Waals surface area contributed by atoms with Crippen LogP contribution in [0.25, 0.3) is 0 Å². The van der Waals surface area contributed by atoms with Gasteiger partial charge < -0.3 is 11.5 Å². The van der Waals surface area contributed by atoms with Crippen molar-refractivity contribution in [3.8, 4) is 0 Å². The van der Waals surface area contributed by atoms with Crippen molar-refractivity contribution in [1.29, 1.82) is 0 Å². The van der Waals surface area contributed by atoms with Gasteiger partial charge in [0, 0.05) is 5.75 Å². The molecule has 0 fully saturated rings. The third-order valence-corrected chi connectivity index (χ3v) is 2.46. The van der Waals surface area contributed by atoms with Gasteiger partial charge in [-0.05, 0) is 12.3 Å². The van der Waals surface area contributed by atoms with Crippen molar-refractivity contribution in [3.63, 3.8) is 0 Å². The number of hydrogen-bond acceptors (Lipinski definition) is 6. The minimum absolute atomic E-state index is 0.185. The Morgan fingerprint density at radius 2 is 1.71 bits per heavy atom. The number of nitrogens with zero attached hydrogens (tertiary/aromatic N) is 3. The fraction of sp³-hybridized carbons (Fsp3) is 0.625. The number of hydrogen-bond donors (Lipinski definition) is 2. The highest BCUT2D eigenvalue weighted by atomic mass is 32.2. The quantitative estimate of drug-likeness (QED) is 0.730. The molecule has 14 heavy (non-hydrogen) atoms. The molecule has 4 N–H and O–H groups in total. The highest BCUT2D eigenvalue weighted by molar-refractivity contribution is 7.99. The molecule has 0 saturated carbocycles. The molecule has 5 nitrogen and oxygen atoms in total. The van der Waals surface area contributed by atoms with E-state index in [1.54, 1.807) is 11.8 Å². The van der Waals surface area contributed by atoms with Crippen LogP contribution in [0.3, 0.4) is 0 Å². The number of aromatic nitrogens is 3. The maximum atomic E-state index is 5.44. The second kappa shape index (κ2) is 4.99. The maximum absolute atomic E-state index is 5.44. The summed E-state index contributed by atoms with van der Waals surface area (Å²) < 4.78 is 0. The lowest BCUT2D eigenvalue weighted by Crippen LogP contribution is -2.04.